The monoisotopic (exact) mass is 253 g/mol. The number of carbonyl (C=O) groups is 2. The van der Waals surface area contributed by atoms with E-state index in [1.54, 1.807) is 12.4 Å². The first-order chi connectivity index (χ1) is 8.18. The van der Waals surface area contributed by atoms with E-state index in [4.69, 9.17) is 0 Å². The molecule has 1 aliphatic carbocycles. The molecular formula is C11H15N3O2S. The topological polar surface area (TPSA) is 71.1 Å². The highest BCUT2D eigenvalue weighted by Gasteiger charge is 2.28. The standard InChI is InChI=1S/C11H15N3O2S/c1-7-9(17-6-14-7)11(16)13-5-4-12-10(15)8-2-3-8/h6,8H,2-5H2,1H3,(H,12,15)(H,13,16). The zero-order valence-corrected chi connectivity index (χ0v) is 10.5. The Balaban J connectivity index is 1.66. The van der Waals surface area contributed by atoms with Gasteiger partial charge in [0.2, 0.25) is 5.91 Å². The highest BCUT2D eigenvalue weighted by molar-refractivity contribution is 7.11. The SMILES string of the molecule is Cc1ncsc1C(=O)NCCNC(=O)C1CC1. The van der Waals surface area contributed by atoms with Crippen molar-refractivity contribution in [1.29, 1.82) is 0 Å². The number of nitrogens with one attached hydrogen (secondary N) is 2. The molecule has 1 fully saturated rings. The van der Waals surface area contributed by atoms with Crippen LogP contribution in [0.25, 0.3) is 0 Å². The van der Waals surface area contributed by atoms with Crippen molar-refractivity contribution in [3.05, 3.63) is 16.1 Å². The Morgan fingerprint density at radius 2 is 2.12 bits per heavy atom. The number of hydrogen-bond acceptors (Lipinski definition) is 4. The van der Waals surface area contributed by atoms with Gasteiger partial charge in [0, 0.05) is 19.0 Å². The molecule has 6 heteroatoms. The van der Waals surface area contributed by atoms with Crippen LogP contribution in [0.5, 0.6) is 0 Å². The summed E-state index contributed by atoms with van der Waals surface area (Å²) in [6.07, 6.45) is 2.00. The van der Waals surface area contributed by atoms with Crippen LogP contribution in [-0.2, 0) is 4.79 Å². The molecule has 17 heavy (non-hydrogen) atoms. The van der Waals surface area contributed by atoms with Crippen molar-refractivity contribution in [2.24, 2.45) is 5.92 Å². The summed E-state index contributed by atoms with van der Waals surface area (Å²) in [7, 11) is 0. The van der Waals surface area contributed by atoms with Crippen molar-refractivity contribution < 1.29 is 9.59 Å². The summed E-state index contributed by atoms with van der Waals surface area (Å²) in [5.74, 6) is 0.202. The maximum absolute atomic E-state index is 11.7. The number of carbonyl (C=O) groups excluding carboxylic acids is 2. The summed E-state index contributed by atoms with van der Waals surface area (Å²) < 4.78 is 0. The van der Waals surface area contributed by atoms with Gasteiger partial charge in [0.05, 0.1) is 11.2 Å². The van der Waals surface area contributed by atoms with E-state index in [1.165, 1.54) is 11.3 Å². The fraction of sp³-hybridized carbons (Fsp3) is 0.545. The van der Waals surface area contributed by atoms with Crippen molar-refractivity contribution in [2.75, 3.05) is 13.1 Å². The number of hydrogen-bond donors (Lipinski definition) is 2. The minimum Gasteiger partial charge on any atom is -0.354 e. The van der Waals surface area contributed by atoms with E-state index >= 15 is 0 Å². The summed E-state index contributed by atoms with van der Waals surface area (Å²) >= 11 is 1.33. The molecule has 0 aliphatic heterocycles. The lowest BCUT2D eigenvalue weighted by Gasteiger charge is -2.05. The smallest absolute Gasteiger partial charge is 0.263 e. The van der Waals surface area contributed by atoms with Crippen molar-refractivity contribution in [2.45, 2.75) is 19.8 Å². The van der Waals surface area contributed by atoms with Crippen LogP contribution in [0.2, 0.25) is 0 Å². The highest BCUT2D eigenvalue weighted by atomic mass is 32.1. The lowest BCUT2D eigenvalue weighted by atomic mass is 10.3. The van der Waals surface area contributed by atoms with Gasteiger partial charge in [0.15, 0.2) is 0 Å². The number of thiazole rings is 1. The highest BCUT2D eigenvalue weighted by Crippen LogP contribution is 2.28. The Morgan fingerprint density at radius 3 is 2.71 bits per heavy atom. The van der Waals surface area contributed by atoms with Gasteiger partial charge in [-0.25, -0.2) is 4.98 Å². The Morgan fingerprint density at radius 1 is 1.41 bits per heavy atom. The molecule has 0 bridgehead atoms. The average Bonchev–Trinajstić information content (AvgIpc) is 3.07. The van der Waals surface area contributed by atoms with Gasteiger partial charge in [-0.2, -0.15) is 0 Å². The summed E-state index contributed by atoms with van der Waals surface area (Å²) in [4.78, 5) is 27.6. The summed E-state index contributed by atoms with van der Waals surface area (Å²) in [6.45, 7) is 2.74. The fourth-order valence-electron chi connectivity index (χ4n) is 1.45. The van der Waals surface area contributed by atoms with Crippen LogP contribution in [-0.4, -0.2) is 29.9 Å². The van der Waals surface area contributed by atoms with Gasteiger partial charge in [0.25, 0.3) is 5.91 Å². The molecule has 1 heterocycles. The molecule has 0 saturated heterocycles. The lowest BCUT2D eigenvalue weighted by Crippen LogP contribution is -2.35. The van der Waals surface area contributed by atoms with E-state index in [2.05, 4.69) is 15.6 Å². The molecule has 1 aromatic heterocycles. The van der Waals surface area contributed by atoms with E-state index < -0.39 is 0 Å². The van der Waals surface area contributed by atoms with Crippen molar-refractivity contribution >= 4 is 23.2 Å². The third-order valence-electron chi connectivity index (χ3n) is 2.61. The van der Waals surface area contributed by atoms with Gasteiger partial charge in [0.1, 0.15) is 4.88 Å². The first kappa shape index (κ1) is 12.0. The third kappa shape index (κ3) is 3.26. The first-order valence-electron chi connectivity index (χ1n) is 5.64. The zero-order chi connectivity index (χ0) is 12.3. The van der Waals surface area contributed by atoms with Crippen LogP contribution in [0.4, 0.5) is 0 Å². The van der Waals surface area contributed by atoms with Crippen LogP contribution < -0.4 is 10.6 Å². The molecule has 1 aromatic rings. The van der Waals surface area contributed by atoms with Gasteiger partial charge in [-0.05, 0) is 19.8 Å². The summed E-state index contributed by atoms with van der Waals surface area (Å²) in [5, 5.41) is 5.55. The Bertz CT molecular complexity index is 426. The van der Waals surface area contributed by atoms with Crippen molar-refractivity contribution in [3.63, 3.8) is 0 Å². The average molecular weight is 253 g/mol. The molecule has 0 atom stereocenters. The molecule has 1 aliphatic rings. The van der Waals surface area contributed by atoms with Crippen molar-refractivity contribution in [3.8, 4) is 0 Å². The second-order valence-electron chi connectivity index (χ2n) is 4.09. The minimum absolute atomic E-state index is 0.105. The Labute approximate surface area is 104 Å². The van der Waals surface area contributed by atoms with Crippen LogP contribution in [0.3, 0.4) is 0 Å². The predicted octanol–water partition coefficient (Wildman–Crippen LogP) is 0.708. The second-order valence-corrected chi connectivity index (χ2v) is 4.94. The molecule has 5 nitrogen and oxygen atoms in total. The van der Waals surface area contributed by atoms with Gasteiger partial charge >= 0.3 is 0 Å². The molecule has 0 radical (unpaired) electrons. The normalized spacial score (nSPS) is 14.4. The molecule has 0 unspecified atom stereocenters. The van der Waals surface area contributed by atoms with E-state index in [-0.39, 0.29) is 17.7 Å². The molecule has 2 rings (SSSR count). The first-order valence-corrected chi connectivity index (χ1v) is 6.52. The number of amides is 2. The van der Waals surface area contributed by atoms with Crippen molar-refractivity contribution in [1.82, 2.24) is 15.6 Å². The quantitative estimate of drug-likeness (QED) is 0.759. The molecule has 0 spiro atoms. The summed E-state index contributed by atoms with van der Waals surface area (Å²) in [6, 6.07) is 0. The maximum Gasteiger partial charge on any atom is 0.263 e. The number of rotatable bonds is 5. The molecule has 2 amide bonds. The molecular weight excluding hydrogens is 238 g/mol. The van der Waals surface area contributed by atoms with Gasteiger partial charge in [-0.1, -0.05) is 0 Å². The second kappa shape index (κ2) is 5.27. The summed E-state index contributed by atoms with van der Waals surface area (Å²) in [5.41, 5.74) is 2.40. The van der Waals surface area contributed by atoms with Crippen LogP contribution in [0.1, 0.15) is 28.2 Å². The Kier molecular flexibility index (Phi) is 3.73. The third-order valence-corrected chi connectivity index (χ3v) is 3.54. The van der Waals surface area contributed by atoms with Gasteiger partial charge < -0.3 is 10.6 Å². The van der Waals surface area contributed by atoms with E-state index in [1.807, 2.05) is 0 Å². The largest absolute Gasteiger partial charge is 0.354 e. The van der Waals surface area contributed by atoms with Gasteiger partial charge in [-0.15, -0.1) is 11.3 Å². The molecule has 2 N–H and O–H groups in total. The van der Waals surface area contributed by atoms with E-state index in [9.17, 15) is 9.59 Å². The van der Waals surface area contributed by atoms with Crippen LogP contribution in [0.15, 0.2) is 5.51 Å². The lowest BCUT2D eigenvalue weighted by molar-refractivity contribution is -0.122. The fourth-order valence-corrected chi connectivity index (χ4v) is 2.17. The molecule has 92 valence electrons. The zero-order valence-electron chi connectivity index (χ0n) is 9.66. The predicted molar refractivity (Wildman–Crippen MR) is 64.9 cm³/mol. The number of aromatic nitrogens is 1. The minimum atomic E-state index is -0.120. The van der Waals surface area contributed by atoms with Gasteiger partial charge in [-0.3, -0.25) is 9.59 Å². The Hall–Kier alpha value is -1.43. The van der Waals surface area contributed by atoms with E-state index in [0.29, 0.717) is 18.0 Å². The van der Waals surface area contributed by atoms with Crippen LogP contribution in [0, 0.1) is 12.8 Å². The maximum atomic E-state index is 11.7. The van der Waals surface area contributed by atoms with E-state index in [0.717, 1.165) is 18.5 Å². The molecule has 0 aromatic carbocycles. The van der Waals surface area contributed by atoms with Crippen LogP contribution >= 0.6 is 11.3 Å². The molecule has 1 saturated carbocycles. The number of aryl methyl sites for hydroxylation is 1. The number of nitrogens with zero attached hydrogens (tertiary/aromatic N) is 1.